The van der Waals surface area contributed by atoms with Crippen molar-refractivity contribution in [3.8, 4) is 0 Å². The maximum Gasteiger partial charge on any atom is 0.220 e. The highest BCUT2D eigenvalue weighted by atomic mass is 16.1. The Balaban J connectivity index is 1.57. The number of nitrogens with two attached hydrogens (primary N) is 1. The number of carbonyl (C=O) groups excluding carboxylic acids is 1. The molecule has 0 spiro atoms. The van der Waals surface area contributed by atoms with E-state index in [0.717, 1.165) is 24.3 Å². The molecule has 1 aromatic rings. The third kappa shape index (κ3) is 2.82. The molecule has 1 amide bonds. The van der Waals surface area contributed by atoms with Gasteiger partial charge in [0.2, 0.25) is 5.91 Å². The van der Waals surface area contributed by atoms with E-state index < -0.39 is 0 Å². The summed E-state index contributed by atoms with van der Waals surface area (Å²) in [6, 6.07) is 10.0. The average Bonchev–Trinajstić information content (AvgIpc) is 2.89. The lowest BCUT2D eigenvalue weighted by molar-refractivity contribution is -0.127. The first-order valence-electron chi connectivity index (χ1n) is 8.37. The molecule has 3 heteroatoms. The van der Waals surface area contributed by atoms with Crippen molar-refractivity contribution in [2.75, 3.05) is 6.54 Å². The van der Waals surface area contributed by atoms with E-state index in [9.17, 15) is 4.79 Å². The number of amides is 1. The number of fused-ring (bicyclic) bond motifs is 1. The van der Waals surface area contributed by atoms with Gasteiger partial charge in [0.15, 0.2) is 0 Å². The second kappa shape index (κ2) is 6.25. The molecule has 3 rings (SSSR count). The molecule has 0 radical (unpaired) electrons. The van der Waals surface area contributed by atoms with Crippen LogP contribution in [0, 0.1) is 17.3 Å². The summed E-state index contributed by atoms with van der Waals surface area (Å²) in [5.41, 5.74) is 8.75. The standard InChI is InChI=1S/C19H26N2O/c1-2-14-8-16-10-19(13-20,17(16)9-14)11-18(22)21-12-15-6-4-3-5-7-15/h3-7,9,16-17H,2,8,10-13,20H2,1H3,(H,21,22)/t16-,17-,19-/m1/s1. The van der Waals surface area contributed by atoms with Crippen molar-refractivity contribution in [2.45, 2.75) is 39.2 Å². The molecule has 2 aliphatic rings. The van der Waals surface area contributed by atoms with Crippen LogP contribution in [-0.2, 0) is 11.3 Å². The van der Waals surface area contributed by atoms with Crippen LogP contribution in [0.15, 0.2) is 42.0 Å². The first kappa shape index (κ1) is 15.3. The maximum atomic E-state index is 12.3. The van der Waals surface area contributed by atoms with Gasteiger partial charge in [0.1, 0.15) is 0 Å². The SMILES string of the molecule is CCC1=C[C@@H]2[C@H](C1)C[C@]2(CN)CC(=O)NCc1ccccc1. The number of rotatable bonds is 6. The lowest BCUT2D eigenvalue weighted by Gasteiger charge is -2.51. The molecule has 3 nitrogen and oxygen atoms in total. The highest BCUT2D eigenvalue weighted by Crippen LogP contribution is 2.59. The van der Waals surface area contributed by atoms with Gasteiger partial charge in [-0.2, -0.15) is 0 Å². The molecule has 3 N–H and O–H groups in total. The van der Waals surface area contributed by atoms with Crippen molar-refractivity contribution in [3.05, 3.63) is 47.5 Å². The second-order valence-corrected chi connectivity index (χ2v) is 6.88. The van der Waals surface area contributed by atoms with Crippen molar-refractivity contribution in [1.82, 2.24) is 5.32 Å². The van der Waals surface area contributed by atoms with Gasteiger partial charge < -0.3 is 11.1 Å². The van der Waals surface area contributed by atoms with Gasteiger partial charge in [-0.25, -0.2) is 0 Å². The Bertz CT molecular complexity index is 566. The number of hydrogen-bond donors (Lipinski definition) is 2. The zero-order chi connectivity index (χ0) is 15.6. The fraction of sp³-hybridized carbons (Fsp3) is 0.526. The van der Waals surface area contributed by atoms with Crippen molar-refractivity contribution in [3.63, 3.8) is 0 Å². The number of allylic oxidation sites excluding steroid dienone is 2. The first-order valence-corrected chi connectivity index (χ1v) is 8.37. The third-order valence-electron chi connectivity index (χ3n) is 5.53. The Morgan fingerprint density at radius 2 is 2.14 bits per heavy atom. The molecule has 0 bridgehead atoms. The maximum absolute atomic E-state index is 12.3. The molecule has 2 aliphatic carbocycles. The Morgan fingerprint density at radius 3 is 2.82 bits per heavy atom. The van der Waals surface area contributed by atoms with Crippen LogP contribution >= 0.6 is 0 Å². The molecule has 22 heavy (non-hydrogen) atoms. The lowest BCUT2D eigenvalue weighted by Crippen LogP contribution is -2.52. The minimum Gasteiger partial charge on any atom is -0.352 e. The van der Waals surface area contributed by atoms with E-state index in [1.165, 1.54) is 6.42 Å². The summed E-state index contributed by atoms with van der Waals surface area (Å²) >= 11 is 0. The van der Waals surface area contributed by atoms with Crippen LogP contribution in [-0.4, -0.2) is 12.5 Å². The minimum absolute atomic E-state index is 0.00234. The summed E-state index contributed by atoms with van der Waals surface area (Å²) in [6.07, 6.45) is 6.42. The van der Waals surface area contributed by atoms with Crippen LogP contribution in [0.3, 0.4) is 0 Å². The average molecular weight is 298 g/mol. The van der Waals surface area contributed by atoms with Crippen LogP contribution in [0.25, 0.3) is 0 Å². The molecular formula is C19H26N2O. The van der Waals surface area contributed by atoms with E-state index in [2.05, 4.69) is 18.3 Å². The normalized spacial score (nSPS) is 29.5. The minimum atomic E-state index is 0.00234. The van der Waals surface area contributed by atoms with E-state index in [0.29, 0.717) is 25.4 Å². The van der Waals surface area contributed by atoms with E-state index in [4.69, 9.17) is 5.73 Å². The van der Waals surface area contributed by atoms with Crippen LogP contribution in [0.2, 0.25) is 0 Å². The van der Waals surface area contributed by atoms with Gasteiger partial charge in [-0.1, -0.05) is 48.9 Å². The van der Waals surface area contributed by atoms with E-state index >= 15 is 0 Å². The molecule has 0 unspecified atom stereocenters. The predicted molar refractivity (Wildman–Crippen MR) is 89.0 cm³/mol. The van der Waals surface area contributed by atoms with E-state index in [-0.39, 0.29) is 11.3 Å². The fourth-order valence-electron chi connectivity index (χ4n) is 4.22. The Hall–Kier alpha value is -1.61. The van der Waals surface area contributed by atoms with Crippen molar-refractivity contribution < 1.29 is 4.79 Å². The third-order valence-corrected chi connectivity index (χ3v) is 5.53. The van der Waals surface area contributed by atoms with Gasteiger partial charge >= 0.3 is 0 Å². The molecule has 1 aromatic carbocycles. The summed E-state index contributed by atoms with van der Waals surface area (Å²) in [4.78, 5) is 12.3. The summed E-state index contributed by atoms with van der Waals surface area (Å²) in [6.45, 7) is 3.43. The molecule has 0 aromatic heterocycles. The second-order valence-electron chi connectivity index (χ2n) is 6.88. The number of benzene rings is 1. The van der Waals surface area contributed by atoms with Crippen LogP contribution in [0.5, 0.6) is 0 Å². The molecule has 0 aliphatic heterocycles. The summed E-state index contributed by atoms with van der Waals surface area (Å²) < 4.78 is 0. The van der Waals surface area contributed by atoms with E-state index in [1.807, 2.05) is 30.3 Å². The summed E-state index contributed by atoms with van der Waals surface area (Å²) in [5, 5.41) is 3.05. The topological polar surface area (TPSA) is 55.1 Å². The molecule has 1 fully saturated rings. The van der Waals surface area contributed by atoms with Crippen molar-refractivity contribution in [1.29, 1.82) is 0 Å². The fourth-order valence-corrected chi connectivity index (χ4v) is 4.22. The quantitative estimate of drug-likeness (QED) is 0.793. The summed E-state index contributed by atoms with van der Waals surface area (Å²) in [5.74, 6) is 1.39. The highest BCUT2D eigenvalue weighted by Gasteiger charge is 2.54. The Labute approximate surface area is 133 Å². The van der Waals surface area contributed by atoms with Gasteiger partial charge in [-0.05, 0) is 48.6 Å². The van der Waals surface area contributed by atoms with E-state index in [1.54, 1.807) is 5.57 Å². The van der Waals surface area contributed by atoms with Crippen LogP contribution in [0.1, 0.15) is 38.2 Å². The highest BCUT2D eigenvalue weighted by molar-refractivity contribution is 5.77. The van der Waals surface area contributed by atoms with Gasteiger partial charge in [0, 0.05) is 13.0 Å². The van der Waals surface area contributed by atoms with Crippen molar-refractivity contribution >= 4 is 5.91 Å². The molecule has 1 saturated carbocycles. The largest absolute Gasteiger partial charge is 0.352 e. The van der Waals surface area contributed by atoms with Gasteiger partial charge in [-0.15, -0.1) is 0 Å². The molecule has 0 saturated heterocycles. The zero-order valence-electron chi connectivity index (χ0n) is 13.3. The number of hydrogen-bond acceptors (Lipinski definition) is 2. The lowest BCUT2D eigenvalue weighted by atomic mass is 9.53. The Kier molecular flexibility index (Phi) is 4.34. The van der Waals surface area contributed by atoms with Crippen LogP contribution < -0.4 is 11.1 Å². The smallest absolute Gasteiger partial charge is 0.220 e. The summed E-state index contributed by atoms with van der Waals surface area (Å²) in [7, 11) is 0. The monoisotopic (exact) mass is 298 g/mol. The van der Waals surface area contributed by atoms with Gasteiger partial charge in [-0.3, -0.25) is 4.79 Å². The number of carbonyl (C=O) groups is 1. The van der Waals surface area contributed by atoms with Crippen molar-refractivity contribution in [2.24, 2.45) is 23.0 Å². The molecule has 0 heterocycles. The first-order chi connectivity index (χ1) is 10.7. The Morgan fingerprint density at radius 1 is 1.36 bits per heavy atom. The van der Waals surface area contributed by atoms with Crippen LogP contribution in [0.4, 0.5) is 0 Å². The van der Waals surface area contributed by atoms with Gasteiger partial charge in [0.05, 0.1) is 0 Å². The van der Waals surface area contributed by atoms with Gasteiger partial charge in [0.25, 0.3) is 0 Å². The molecule has 3 atom stereocenters. The predicted octanol–water partition coefficient (Wildman–Crippen LogP) is 3.01. The number of nitrogens with one attached hydrogen (secondary N) is 1. The molecule has 118 valence electrons. The molecular weight excluding hydrogens is 272 g/mol. The zero-order valence-corrected chi connectivity index (χ0v) is 13.3.